The number of nitrogens with two attached hydrogens (primary N) is 1. The lowest BCUT2D eigenvalue weighted by Crippen LogP contribution is -1.83. The van der Waals surface area contributed by atoms with Crippen molar-refractivity contribution < 1.29 is 0 Å². The molecule has 0 aliphatic heterocycles. The number of hydrogen-bond acceptors (Lipinski definition) is 1. The third-order valence-corrected chi connectivity index (χ3v) is 1.40. The highest BCUT2D eigenvalue weighted by Crippen LogP contribution is 2.12. The van der Waals surface area contributed by atoms with Gasteiger partial charge in [0.1, 0.15) is 0 Å². The molecule has 0 bridgehead atoms. The van der Waals surface area contributed by atoms with Crippen molar-refractivity contribution in [1.29, 1.82) is 0 Å². The summed E-state index contributed by atoms with van der Waals surface area (Å²) in [5.41, 5.74) is 8.51. The predicted octanol–water partition coefficient (Wildman–Crippen LogP) is 2.30. The van der Waals surface area contributed by atoms with Crippen LogP contribution in [0.25, 0.3) is 5.57 Å². The van der Waals surface area contributed by atoms with E-state index in [2.05, 4.69) is 6.58 Å². The lowest BCUT2D eigenvalue weighted by molar-refractivity contribution is 1.58. The fraction of sp³-hybridized carbons (Fsp3) is 0.111. The molecule has 0 aliphatic rings. The van der Waals surface area contributed by atoms with E-state index in [0.29, 0.717) is 0 Å². The minimum absolute atomic E-state index is 0.796. The highest BCUT2D eigenvalue weighted by molar-refractivity contribution is 5.62. The van der Waals surface area contributed by atoms with E-state index < -0.39 is 0 Å². The number of nitrogen functional groups attached to an aromatic ring is 1. The molecular weight excluding hydrogens is 122 g/mol. The van der Waals surface area contributed by atoms with E-state index in [0.717, 1.165) is 16.8 Å². The lowest BCUT2D eigenvalue weighted by Gasteiger charge is -1.98. The fourth-order valence-electron chi connectivity index (χ4n) is 0.768. The van der Waals surface area contributed by atoms with Crippen LogP contribution in [0.2, 0.25) is 0 Å². The van der Waals surface area contributed by atoms with E-state index in [9.17, 15) is 0 Å². The molecule has 1 heteroatoms. The van der Waals surface area contributed by atoms with Gasteiger partial charge in [0.15, 0.2) is 0 Å². The Bertz CT molecular complexity index is 233. The molecular formula is C9H11N. The van der Waals surface area contributed by atoms with Crippen LogP contribution in [0.5, 0.6) is 0 Å². The van der Waals surface area contributed by atoms with E-state index in [1.54, 1.807) is 0 Å². The van der Waals surface area contributed by atoms with Crippen LogP contribution in [0.3, 0.4) is 0 Å². The van der Waals surface area contributed by atoms with Gasteiger partial charge in [-0.1, -0.05) is 24.3 Å². The van der Waals surface area contributed by atoms with Crippen molar-refractivity contribution in [3.63, 3.8) is 0 Å². The van der Waals surface area contributed by atoms with Crippen molar-refractivity contribution >= 4 is 11.3 Å². The van der Waals surface area contributed by atoms with Crippen molar-refractivity contribution in [3.8, 4) is 0 Å². The minimum atomic E-state index is 0.796. The van der Waals surface area contributed by atoms with Gasteiger partial charge in [-0.2, -0.15) is 0 Å². The Morgan fingerprint density at radius 2 is 1.80 bits per heavy atom. The largest absolute Gasteiger partial charge is 0.399 e. The van der Waals surface area contributed by atoms with Gasteiger partial charge in [-0.25, -0.2) is 0 Å². The molecule has 0 unspecified atom stereocenters. The summed E-state index contributed by atoms with van der Waals surface area (Å²) in [6, 6.07) is 7.70. The summed E-state index contributed by atoms with van der Waals surface area (Å²) in [6.07, 6.45) is 0. The van der Waals surface area contributed by atoms with Crippen LogP contribution in [0.4, 0.5) is 5.69 Å². The minimum Gasteiger partial charge on any atom is -0.399 e. The monoisotopic (exact) mass is 133 g/mol. The van der Waals surface area contributed by atoms with Crippen LogP contribution in [-0.4, -0.2) is 0 Å². The van der Waals surface area contributed by atoms with Crippen molar-refractivity contribution in [2.75, 3.05) is 5.73 Å². The first-order chi connectivity index (χ1) is 4.70. The van der Waals surface area contributed by atoms with E-state index >= 15 is 0 Å². The topological polar surface area (TPSA) is 26.0 Å². The van der Waals surface area contributed by atoms with Gasteiger partial charge >= 0.3 is 0 Å². The Hall–Kier alpha value is -1.24. The van der Waals surface area contributed by atoms with Crippen LogP contribution in [0.15, 0.2) is 30.8 Å². The van der Waals surface area contributed by atoms with Crippen molar-refractivity contribution in [3.05, 3.63) is 36.4 Å². The molecule has 0 aliphatic carbocycles. The molecule has 0 radical (unpaired) electrons. The van der Waals surface area contributed by atoms with Gasteiger partial charge in [-0.15, -0.1) is 0 Å². The first-order valence-corrected chi connectivity index (χ1v) is 3.21. The molecule has 0 saturated heterocycles. The quantitative estimate of drug-likeness (QED) is 0.584. The molecule has 0 aromatic heterocycles. The van der Waals surface area contributed by atoms with Gasteiger partial charge in [0.05, 0.1) is 0 Å². The maximum absolute atomic E-state index is 5.50. The molecule has 0 amide bonds. The Balaban J connectivity index is 3.00. The Morgan fingerprint density at radius 3 is 2.20 bits per heavy atom. The maximum Gasteiger partial charge on any atom is 0.0314 e. The van der Waals surface area contributed by atoms with Gasteiger partial charge in [-0.3, -0.25) is 0 Å². The molecule has 1 aromatic rings. The van der Waals surface area contributed by atoms with Crippen molar-refractivity contribution in [1.82, 2.24) is 0 Å². The fourth-order valence-corrected chi connectivity index (χ4v) is 0.768. The molecule has 1 rings (SSSR count). The van der Waals surface area contributed by atoms with Crippen LogP contribution in [-0.2, 0) is 0 Å². The van der Waals surface area contributed by atoms with Crippen LogP contribution >= 0.6 is 0 Å². The van der Waals surface area contributed by atoms with Gasteiger partial charge < -0.3 is 5.73 Å². The van der Waals surface area contributed by atoms with Crippen LogP contribution in [0.1, 0.15) is 12.5 Å². The molecule has 1 aromatic carbocycles. The Labute approximate surface area is 61.2 Å². The van der Waals surface area contributed by atoms with Crippen molar-refractivity contribution in [2.45, 2.75) is 6.92 Å². The van der Waals surface area contributed by atoms with E-state index in [1.165, 1.54) is 0 Å². The first-order valence-electron chi connectivity index (χ1n) is 3.21. The predicted molar refractivity (Wildman–Crippen MR) is 45.6 cm³/mol. The van der Waals surface area contributed by atoms with Gasteiger partial charge in [0, 0.05) is 5.69 Å². The Morgan fingerprint density at radius 1 is 1.30 bits per heavy atom. The molecule has 10 heavy (non-hydrogen) atoms. The second-order valence-corrected chi connectivity index (χ2v) is 2.40. The molecule has 0 spiro atoms. The average Bonchev–Trinajstić information content (AvgIpc) is 1.88. The molecule has 0 atom stereocenters. The number of allylic oxidation sites excluding steroid dienone is 1. The maximum atomic E-state index is 5.50. The SMILES string of the molecule is C=C(C)c1ccc(N)cc1. The Kier molecular flexibility index (Phi) is 1.76. The van der Waals surface area contributed by atoms with Crippen LogP contribution in [0, 0.1) is 0 Å². The normalized spacial score (nSPS) is 9.30. The summed E-state index contributed by atoms with van der Waals surface area (Å²) < 4.78 is 0. The summed E-state index contributed by atoms with van der Waals surface area (Å²) in [5.74, 6) is 0. The second-order valence-electron chi connectivity index (χ2n) is 2.40. The standard InChI is InChI=1S/C9H11N/c1-7(2)8-3-5-9(10)6-4-8/h3-6H,1,10H2,2H3. The highest BCUT2D eigenvalue weighted by atomic mass is 14.5. The van der Waals surface area contributed by atoms with E-state index in [1.807, 2.05) is 31.2 Å². The molecule has 0 heterocycles. The third kappa shape index (κ3) is 1.38. The summed E-state index contributed by atoms with van der Waals surface area (Å²) in [6.45, 7) is 5.79. The molecule has 52 valence electrons. The van der Waals surface area contributed by atoms with E-state index in [4.69, 9.17) is 5.73 Å². The van der Waals surface area contributed by atoms with Gasteiger partial charge in [-0.05, 0) is 24.6 Å². The second kappa shape index (κ2) is 2.56. The summed E-state index contributed by atoms with van der Waals surface area (Å²) in [7, 11) is 0. The number of benzene rings is 1. The smallest absolute Gasteiger partial charge is 0.0314 e. The summed E-state index contributed by atoms with van der Waals surface area (Å²) >= 11 is 0. The highest BCUT2D eigenvalue weighted by Gasteiger charge is 1.89. The van der Waals surface area contributed by atoms with E-state index in [-0.39, 0.29) is 0 Å². The molecule has 2 N–H and O–H groups in total. The zero-order chi connectivity index (χ0) is 7.56. The third-order valence-electron chi connectivity index (χ3n) is 1.40. The van der Waals surface area contributed by atoms with Crippen molar-refractivity contribution in [2.24, 2.45) is 0 Å². The molecule has 0 fully saturated rings. The summed E-state index contributed by atoms with van der Waals surface area (Å²) in [5, 5.41) is 0. The average molecular weight is 133 g/mol. The number of rotatable bonds is 1. The molecule has 0 saturated carbocycles. The zero-order valence-corrected chi connectivity index (χ0v) is 6.09. The van der Waals surface area contributed by atoms with Gasteiger partial charge in [0.25, 0.3) is 0 Å². The zero-order valence-electron chi connectivity index (χ0n) is 6.09. The van der Waals surface area contributed by atoms with Crippen LogP contribution < -0.4 is 5.73 Å². The summed E-state index contributed by atoms with van der Waals surface area (Å²) in [4.78, 5) is 0. The first kappa shape index (κ1) is 6.87. The van der Waals surface area contributed by atoms with Gasteiger partial charge in [0.2, 0.25) is 0 Å². The molecule has 1 nitrogen and oxygen atoms in total. The lowest BCUT2D eigenvalue weighted by atomic mass is 10.1. The number of hydrogen-bond donors (Lipinski definition) is 1. The number of anilines is 1.